The van der Waals surface area contributed by atoms with Crippen molar-refractivity contribution >= 4 is 17.3 Å². The summed E-state index contributed by atoms with van der Waals surface area (Å²) < 4.78 is 5.55. The van der Waals surface area contributed by atoms with Crippen molar-refractivity contribution in [3.05, 3.63) is 29.5 Å². The van der Waals surface area contributed by atoms with Crippen LogP contribution in [0.2, 0.25) is 0 Å². The predicted octanol–water partition coefficient (Wildman–Crippen LogP) is 4.04. The van der Waals surface area contributed by atoms with Crippen LogP contribution >= 0.6 is 11.3 Å². The topological polar surface area (TPSA) is 62.5 Å². The van der Waals surface area contributed by atoms with Crippen LogP contribution in [0.15, 0.2) is 33.2 Å². The van der Waals surface area contributed by atoms with Gasteiger partial charge in [0, 0.05) is 12.6 Å². The van der Waals surface area contributed by atoms with Crippen molar-refractivity contribution in [2.24, 2.45) is 10.9 Å². The average molecular weight is 347 g/mol. The standard InChI is InChI=1S/C18H26N4OS/c1-3-19-18(22-14-8-6-13(2)7-9-14)20-11-15-12-23-17(21-15)16-5-4-10-24-16/h4-5,10,12-14H,3,6-9,11H2,1-2H3,(H2,19,20,22). The van der Waals surface area contributed by atoms with Gasteiger partial charge >= 0.3 is 0 Å². The van der Waals surface area contributed by atoms with Gasteiger partial charge in [0.1, 0.15) is 12.0 Å². The van der Waals surface area contributed by atoms with Crippen LogP contribution in [0.5, 0.6) is 0 Å². The summed E-state index contributed by atoms with van der Waals surface area (Å²) in [5, 5.41) is 8.92. The van der Waals surface area contributed by atoms with Crippen LogP contribution in [0.25, 0.3) is 10.8 Å². The van der Waals surface area contributed by atoms with E-state index in [0.29, 0.717) is 18.5 Å². The van der Waals surface area contributed by atoms with Crippen LogP contribution in [0.3, 0.4) is 0 Å². The lowest BCUT2D eigenvalue weighted by Crippen LogP contribution is -2.44. The van der Waals surface area contributed by atoms with Gasteiger partial charge in [-0.1, -0.05) is 13.0 Å². The minimum Gasteiger partial charge on any atom is -0.443 e. The molecule has 2 heterocycles. The molecule has 0 spiro atoms. The van der Waals surface area contributed by atoms with E-state index in [9.17, 15) is 0 Å². The van der Waals surface area contributed by atoms with Crippen LogP contribution in [0.1, 0.15) is 45.2 Å². The minimum atomic E-state index is 0.521. The van der Waals surface area contributed by atoms with Crippen molar-refractivity contribution in [2.45, 2.75) is 52.1 Å². The van der Waals surface area contributed by atoms with Crippen molar-refractivity contribution in [3.63, 3.8) is 0 Å². The number of hydrogen-bond acceptors (Lipinski definition) is 4. The Bertz CT molecular complexity index is 642. The quantitative estimate of drug-likeness (QED) is 0.634. The zero-order valence-electron chi connectivity index (χ0n) is 14.4. The van der Waals surface area contributed by atoms with Crippen molar-refractivity contribution in [1.82, 2.24) is 15.6 Å². The van der Waals surface area contributed by atoms with Crippen LogP contribution in [-0.4, -0.2) is 23.5 Å². The van der Waals surface area contributed by atoms with Crippen molar-refractivity contribution < 1.29 is 4.42 Å². The zero-order chi connectivity index (χ0) is 16.8. The van der Waals surface area contributed by atoms with Gasteiger partial charge < -0.3 is 15.1 Å². The molecule has 0 bridgehead atoms. The Kier molecular flexibility index (Phi) is 5.91. The maximum absolute atomic E-state index is 5.55. The molecule has 0 radical (unpaired) electrons. The Morgan fingerprint density at radius 2 is 2.21 bits per heavy atom. The Hall–Kier alpha value is -1.82. The highest BCUT2D eigenvalue weighted by molar-refractivity contribution is 7.13. The number of hydrogen-bond donors (Lipinski definition) is 2. The van der Waals surface area contributed by atoms with Gasteiger partial charge in [0.15, 0.2) is 5.96 Å². The van der Waals surface area contributed by atoms with Crippen LogP contribution in [0.4, 0.5) is 0 Å². The monoisotopic (exact) mass is 346 g/mol. The van der Waals surface area contributed by atoms with E-state index in [1.165, 1.54) is 25.7 Å². The molecular weight excluding hydrogens is 320 g/mol. The van der Waals surface area contributed by atoms with Gasteiger partial charge in [0.05, 0.1) is 11.4 Å². The summed E-state index contributed by atoms with van der Waals surface area (Å²) in [6, 6.07) is 4.54. The normalized spacial score (nSPS) is 21.7. The molecule has 24 heavy (non-hydrogen) atoms. The third kappa shape index (κ3) is 4.60. The molecule has 1 aliphatic rings. The van der Waals surface area contributed by atoms with E-state index in [-0.39, 0.29) is 0 Å². The molecule has 0 unspecified atom stereocenters. The summed E-state index contributed by atoms with van der Waals surface area (Å²) in [6.45, 7) is 5.80. The predicted molar refractivity (Wildman–Crippen MR) is 99.2 cm³/mol. The second kappa shape index (κ2) is 8.33. The van der Waals surface area contributed by atoms with E-state index in [4.69, 9.17) is 4.42 Å². The molecule has 3 rings (SSSR count). The second-order valence-electron chi connectivity index (χ2n) is 6.42. The fraction of sp³-hybridized carbons (Fsp3) is 0.556. The summed E-state index contributed by atoms with van der Waals surface area (Å²) in [4.78, 5) is 10.2. The molecule has 1 aliphatic carbocycles. The summed E-state index contributed by atoms with van der Waals surface area (Å²) in [6.07, 6.45) is 6.73. The first-order chi connectivity index (χ1) is 11.7. The van der Waals surface area contributed by atoms with Gasteiger partial charge in [-0.15, -0.1) is 11.3 Å². The van der Waals surface area contributed by atoms with Gasteiger partial charge in [0.2, 0.25) is 5.89 Å². The Morgan fingerprint density at radius 3 is 2.92 bits per heavy atom. The smallest absolute Gasteiger partial charge is 0.236 e. The summed E-state index contributed by atoms with van der Waals surface area (Å²) in [5.41, 5.74) is 0.855. The summed E-state index contributed by atoms with van der Waals surface area (Å²) >= 11 is 1.63. The fourth-order valence-electron chi connectivity index (χ4n) is 2.97. The highest BCUT2D eigenvalue weighted by Gasteiger charge is 2.18. The number of oxazole rings is 1. The molecule has 6 heteroatoms. The van der Waals surface area contributed by atoms with Crippen LogP contribution in [-0.2, 0) is 6.54 Å². The highest BCUT2D eigenvalue weighted by Crippen LogP contribution is 2.24. The van der Waals surface area contributed by atoms with E-state index in [1.54, 1.807) is 17.6 Å². The molecule has 0 amide bonds. The van der Waals surface area contributed by atoms with Gasteiger partial charge in [-0.2, -0.15) is 0 Å². The lowest BCUT2D eigenvalue weighted by molar-refractivity contribution is 0.329. The molecule has 0 aromatic carbocycles. The number of thiophene rings is 1. The number of nitrogens with one attached hydrogen (secondary N) is 2. The Labute approximate surface area is 147 Å². The highest BCUT2D eigenvalue weighted by atomic mass is 32.1. The SMILES string of the molecule is CCNC(=NCc1coc(-c2cccs2)n1)NC1CCC(C)CC1. The largest absolute Gasteiger partial charge is 0.443 e. The van der Waals surface area contributed by atoms with E-state index < -0.39 is 0 Å². The number of aromatic nitrogens is 1. The molecule has 0 saturated heterocycles. The second-order valence-corrected chi connectivity index (χ2v) is 7.37. The number of rotatable bonds is 5. The molecule has 2 aromatic heterocycles. The first kappa shape index (κ1) is 17.0. The first-order valence-corrected chi connectivity index (χ1v) is 9.65. The third-order valence-corrected chi connectivity index (χ3v) is 5.24. The van der Waals surface area contributed by atoms with Gasteiger partial charge in [-0.05, 0) is 50.0 Å². The number of nitrogens with zero attached hydrogens (tertiary/aromatic N) is 2. The van der Waals surface area contributed by atoms with Gasteiger partial charge in [0.25, 0.3) is 0 Å². The fourth-order valence-corrected chi connectivity index (χ4v) is 3.63. The van der Waals surface area contributed by atoms with Crippen molar-refractivity contribution in [3.8, 4) is 10.8 Å². The Balaban J connectivity index is 1.59. The molecule has 5 nitrogen and oxygen atoms in total. The number of guanidine groups is 1. The van der Waals surface area contributed by atoms with Crippen LogP contribution in [0, 0.1) is 5.92 Å². The molecule has 0 aliphatic heterocycles. The summed E-state index contributed by atoms with van der Waals surface area (Å²) in [5.74, 6) is 2.40. The van der Waals surface area contributed by atoms with Crippen molar-refractivity contribution in [1.29, 1.82) is 0 Å². The van der Waals surface area contributed by atoms with E-state index in [0.717, 1.165) is 29.0 Å². The maximum Gasteiger partial charge on any atom is 0.236 e. The average Bonchev–Trinajstić information content (AvgIpc) is 3.26. The lowest BCUT2D eigenvalue weighted by Gasteiger charge is -2.28. The molecule has 2 aromatic rings. The molecule has 0 atom stereocenters. The first-order valence-electron chi connectivity index (χ1n) is 8.77. The minimum absolute atomic E-state index is 0.521. The van der Waals surface area contributed by atoms with Crippen molar-refractivity contribution in [2.75, 3.05) is 6.54 Å². The molecule has 130 valence electrons. The van der Waals surface area contributed by atoms with E-state index in [2.05, 4.69) is 34.5 Å². The third-order valence-electron chi connectivity index (χ3n) is 4.38. The van der Waals surface area contributed by atoms with Gasteiger partial charge in [-0.3, -0.25) is 0 Å². The zero-order valence-corrected chi connectivity index (χ0v) is 15.2. The van der Waals surface area contributed by atoms with Gasteiger partial charge in [-0.25, -0.2) is 9.98 Å². The number of aliphatic imine (C=N–C) groups is 1. The lowest BCUT2D eigenvalue weighted by atomic mass is 9.87. The molecule has 1 saturated carbocycles. The summed E-state index contributed by atoms with van der Waals surface area (Å²) in [7, 11) is 0. The molecule has 2 N–H and O–H groups in total. The van der Waals surface area contributed by atoms with E-state index >= 15 is 0 Å². The van der Waals surface area contributed by atoms with Crippen LogP contribution < -0.4 is 10.6 Å². The molecular formula is C18H26N4OS. The Morgan fingerprint density at radius 1 is 1.38 bits per heavy atom. The maximum atomic E-state index is 5.55. The van der Waals surface area contributed by atoms with E-state index in [1.807, 2.05) is 17.5 Å². The molecule has 1 fully saturated rings.